The largest absolute Gasteiger partial charge is 0.516 e. The standard InChI is InChI=1S/C29H34N2O6.C24H26N2O4/c1-17(2)15-31-25-9-6-19(10-21(25)13-26(31)28(33)37-29(34)36-16-18(3)4)11-24-23(27(32)35-5)12-22(14-30-24)20-7-8-20;1-14(2)13-26-21-7-4-15(8-17(21)11-22(26)23(27)28)9-20-19(24(29)30-3)10-18(12-25-20)16-5-6-16/h6,9-10,12-14,17-18,20H,7-8,11,15-16H2,1-5H3;4,7-8,10-12,14,16H,5-6,9,13H2,1-3H3,(H,27,28). The van der Waals surface area contributed by atoms with Crippen LogP contribution in [0, 0.1) is 17.8 Å². The number of hydrogen-bond acceptors (Lipinski definition) is 11. The van der Waals surface area contributed by atoms with Gasteiger partial charge in [0.15, 0.2) is 0 Å². The predicted octanol–water partition coefficient (Wildman–Crippen LogP) is 10.5. The molecule has 2 aromatic carbocycles. The van der Waals surface area contributed by atoms with E-state index in [2.05, 4.69) is 37.7 Å². The third-order valence-corrected chi connectivity index (χ3v) is 11.8. The zero-order chi connectivity index (χ0) is 48.1. The van der Waals surface area contributed by atoms with Gasteiger partial charge in [0, 0.05) is 60.1 Å². The molecule has 0 saturated heterocycles. The van der Waals surface area contributed by atoms with Gasteiger partial charge in [0.05, 0.1) is 43.3 Å². The Hall–Kier alpha value is -6.83. The summed E-state index contributed by atoms with van der Waals surface area (Å²) < 4.78 is 23.7. The number of hydrogen-bond donors (Lipinski definition) is 1. The molecule has 0 unspecified atom stereocenters. The maximum Gasteiger partial charge on any atom is 0.516 e. The van der Waals surface area contributed by atoms with Gasteiger partial charge in [-0.1, -0.05) is 53.7 Å². The summed E-state index contributed by atoms with van der Waals surface area (Å²) in [6.07, 6.45) is 8.12. The molecular formula is C53H60N4O10. The van der Waals surface area contributed by atoms with Gasteiger partial charge in [-0.3, -0.25) is 9.97 Å². The fraction of sp³-hybridized carbons (Fsp3) is 0.415. The molecule has 6 aromatic rings. The highest BCUT2D eigenvalue weighted by Crippen LogP contribution is 2.41. The van der Waals surface area contributed by atoms with Gasteiger partial charge in [-0.25, -0.2) is 24.0 Å². The Kier molecular flexibility index (Phi) is 14.9. The number of carbonyl (C=O) groups excluding carboxylic acids is 4. The minimum atomic E-state index is -1.00. The molecule has 0 spiro atoms. The molecule has 2 aliphatic carbocycles. The molecule has 0 radical (unpaired) electrons. The van der Waals surface area contributed by atoms with Gasteiger partial charge >= 0.3 is 30.0 Å². The Morgan fingerprint density at radius 2 is 1.06 bits per heavy atom. The number of ether oxygens (including phenoxy) is 4. The van der Waals surface area contributed by atoms with Gasteiger partial charge < -0.3 is 33.2 Å². The van der Waals surface area contributed by atoms with E-state index in [0.717, 1.165) is 69.7 Å². The molecule has 14 nitrogen and oxygen atoms in total. The van der Waals surface area contributed by atoms with Crippen LogP contribution < -0.4 is 0 Å². The van der Waals surface area contributed by atoms with E-state index in [4.69, 9.17) is 18.9 Å². The highest BCUT2D eigenvalue weighted by Gasteiger charge is 2.28. The van der Waals surface area contributed by atoms with Gasteiger partial charge in [-0.05, 0) is 126 Å². The summed E-state index contributed by atoms with van der Waals surface area (Å²) in [4.78, 5) is 70.6. The molecule has 67 heavy (non-hydrogen) atoms. The van der Waals surface area contributed by atoms with Crippen LogP contribution in [0.5, 0.6) is 0 Å². The molecule has 0 atom stereocenters. The van der Waals surface area contributed by atoms with Gasteiger partial charge in [0.25, 0.3) is 0 Å². The summed E-state index contributed by atoms with van der Waals surface area (Å²) in [6, 6.07) is 19.0. The van der Waals surface area contributed by atoms with E-state index in [1.807, 2.05) is 83.9 Å². The lowest BCUT2D eigenvalue weighted by Gasteiger charge is -2.13. The normalized spacial score (nSPS) is 13.5. The van der Waals surface area contributed by atoms with E-state index in [-0.39, 0.29) is 35.8 Å². The molecule has 2 fully saturated rings. The number of carboxylic acid groups (broad SMARTS) is 1. The molecule has 1 N–H and O–H groups in total. The number of esters is 3. The summed E-state index contributed by atoms with van der Waals surface area (Å²) in [5.74, 6) is -0.768. The third-order valence-electron chi connectivity index (χ3n) is 11.8. The van der Waals surface area contributed by atoms with E-state index >= 15 is 0 Å². The number of rotatable bonds is 16. The van der Waals surface area contributed by atoms with E-state index in [1.165, 1.54) is 14.2 Å². The van der Waals surface area contributed by atoms with Crippen LogP contribution in [0.2, 0.25) is 0 Å². The predicted molar refractivity (Wildman–Crippen MR) is 253 cm³/mol. The number of carbonyl (C=O) groups is 5. The molecule has 8 rings (SSSR count). The quantitative estimate of drug-likeness (QED) is 0.0553. The Labute approximate surface area is 390 Å². The summed E-state index contributed by atoms with van der Waals surface area (Å²) >= 11 is 0. The van der Waals surface area contributed by atoms with Crippen LogP contribution in [0.4, 0.5) is 4.79 Å². The monoisotopic (exact) mass is 912 g/mol. The van der Waals surface area contributed by atoms with E-state index in [9.17, 15) is 29.1 Å². The van der Waals surface area contributed by atoms with Crippen molar-refractivity contribution in [2.24, 2.45) is 17.8 Å². The minimum absolute atomic E-state index is 0.132. The number of aromatic nitrogens is 4. The maximum absolute atomic E-state index is 12.9. The van der Waals surface area contributed by atoms with Crippen molar-refractivity contribution in [2.45, 2.75) is 105 Å². The van der Waals surface area contributed by atoms with Gasteiger partial charge in [0.1, 0.15) is 11.4 Å². The Morgan fingerprint density at radius 1 is 0.612 bits per heavy atom. The van der Waals surface area contributed by atoms with Crippen LogP contribution in [0.1, 0.15) is 154 Å². The summed E-state index contributed by atoms with van der Waals surface area (Å²) in [6.45, 7) is 13.4. The zero-order valence-corrected chi connectivity index (χ0v) is 39.6. The SMILES string of the molecule is COC(=O)c1cc(C2CC2)cnc1Cc1ccc2c(c1)cc(C(=O)O)n2CC(C)C.COC(=O)c1cc(C2CC2)cnc1Cc1ccc2c(c1)cc(C(=O)OC(=O)OCC(C)C)n2CC(C)C. The fourth-order valence-electron chi connectivity index (χ4n) is 8.26. The molecular weight excluding hydrogens is 853 g/mol. The highest BCUT2D eigenvalue weighted by atomic mass is 16.7. The molecule has 0 amide bonds. The van der Waals surface area contributed by atoms with Crippen molar-refractivity contribution in [3.63, 3.8) is 0 Å². The van der Waals surface area contributed by atoms with Crippen molar-refractivity contribution in [3.8, 4) is 0 Å². The van der Waals surface area contributed by atoms with Crippen molar-refractivity contribution in [2.75, 3.05) is 20.8 Å². The van der Waals surface area contributed by atoms with Crippen LogP contribution in [0.15, 0.2) is 73.1 Å². The first-order valence-corrected chi connectivity index (χ1v) is 23.0. The van der Waals surface area contributed by atoms with E-state index in [1.54, 1.807) is 12.1 Å². The van der Waals surface area contributed by atoms with Crippen LogP contribution in [-0.4, -0.2) is 75.1 Å². The third kappa shape index (κ3) is 11.8. The van der Waals surface area contributed by atoms with Crippen molar-refractivity contribution in [3.05, 3.63) is 129 Å². The number of carboxylic acids is 1. The molecule has 2 saturated carbocycles. The second-order valence-corrected chi connectivity index (χ2v) is 18.9. The number of benzene rings is 2. The molecule has 0 aliphatic heterocycles. The average Bonchev–Trinajstić information content (AvgIpc) is 4.24. The first-order chi connectivity index (χ1) is 32.0. The van der Waals surface area contributed by atoms with Crippen LogP contribution in [-0.2, 0) is 44.9 Å². The lowest BCUT2D eigenvalue weighted by Crippen LogP contribution is -2.19. The van der Waals surface area contributed by atoms with Gasteiger partial charge in [-0.15, -0.1) is 0 Å². The highest BCUT2D eigenvalue weighted by molar-refractivity contribution is 5.99. The number of methoxy groups -OCH3 is 2. The van der Waals surface area contributed by atoms with Gasteiger partial charge in [-0.2, -0.15) is 0 Å². The van der Waals surface area contributed by atoms with Gasteiger partial charge in [0.2, 0.25) is 0 Å². The number of fused-ring (bicyclic) bond motifs is 2. The summed E-state index contributed by atoms with van der Waals surface area (Å²) in [5, 5.41) is 11.3. The lowest BCUT2D eigenvalue weighted by molar-refractivity contribution is 0.0340. The van der Waals surface area contributed by atoms with Crippen molar-refractivity contribution < 1.29 is 48.0 Å². The Bertz CT molecular complexity index is 2830. The van der Waals surface area contributed by atoms with Crippen LogP contribution >= 0.6 is 0 Å². The van der Waals surface area contributed by atoms with E-state index in [0.29, 0.717) is 66.2 Å². The maximum atomic E-state index is 12.9. The topological polar surface area (TPSA) is 178 Å². The number of aromatic carboxylic acids is 1. The molecule has 0 bridgehead atoms. The van der Waals surface area contributed by atoms with Crippen molar-refractivity contribution in [1.29, 1.82) is 0 Å². The smallest absolute Gasteiger partial charge is 0.477 e. The lowest BCUT2D eigenvalue weighted by atomic mass is 10.0. The van der Waals surface area contributed by atoms with Crippen molar-refractivity contribution in [1.82, 2.24) is 19.1 Å². The molecule has 4 aromatic heterocycles. The van der Waals surface area contributed by atoms with E-state index < -0.39 is 24.1 Å². The molecule has 352 valence electrons. The Balaban J connectivity index is 0.000000203. The average molecular weight is 913 g/mol. The first-order valence-electron chi connectivity index (χ1n) is 23.0. The fourth-order valence-corrected chi connectivity index (χ4v) is 8.26. The van der Waals surface area contributed by atoms with Crippen LogP contribution in [0.3, 0.4) is 0 Å². The molecule has 14 heteroatoms. The second kappa shape index (κ2) is 20.8. The van der Waals surface area contributed by atoms with Crippen LogP contribution in [0.25, 0.3) is 21.8 Å². The second-order valence-electron chi connectivity index (χ2n) is 18.9. The summed E-state index contributed by atoms with van der Waals surface area (Å²) in [7, 11) is 2.76. The Morgan fingerprint density at radius 3 is 1.46 bits per heavy atom. The van der Waals surface area contributed by atoms with Crippen molar-refractivity contribution >= 4 is 51.8 Å². The number of pyridine rings is 2. The number of nitrogens with zero attached hydrogens (tertiary/aromatic N) is 4. The molecule has 2 aliphatic rings. The summed E-state index contributed by atoms with van der Waals surface area (Å²) in [5.41, 5.74) is 8.68. The molecule has 4 heterocycles. The minimum Gasteiger partial charge on any atom is -0.477 e. The first kappa shape index (κ1) is 48.1. The zero-order valence-electron chi connectivity index (χ0n) is 39.6.